The Labute approximate surface area is 106 Å². The zero-order chi connectivity index (χ0) is 12.8. The lowest BCUT2D eigenvalue weighted by Crippen LogP contribution is -2.07. The van der Waals surface area contributed by atoms with E-state index in [1.54, 1.807) is 17.2 Å². The van der Waals surface area contributed by atoms with E-state index >= 15 is 0 Å². The van der Waals surface area contributed by atoms with Crippen LogP contribution in [0.4, 0.5) is 11.5 Å². The van der Waals surface area contributed by atoms with E-state index < -0.39 is 0 Å². The van der Waals surface area contributed by atoms with Gasteiger partial charge in [0.25, 0.3) is 0 Å². The number of pyridine rings is 1. The fourth-order valence-corrected chi connectivity index (χ4v) is 1.64. The topological polar surface area (TPSA) is 67.7 Å². The molecule has 0 atom stereocenters. The lowest BCUT2D eigenvalue weighted by Gasteiger charge is -2.07. The van der Waals surface area contributed by atoms with Gasteiger partial charge in [-0.25, -0.2) is 9.97 Å². The molecule has 2 aromatic heterocycles. The predicted molar refractivity (Wildman–Crippen MR) is 71.6 cm³/mol. The first kappa shape index (κ1) is 12.3. The van der Waals surface area contributed by atoms with Crippen LogP contribution in [0.2, 0.25) is 0 Å². The van der Waals surface area contributed by atoms with Gasteiger partial charge in [0.1, 0.15) is 12.1 Å². The minimum Gasteiger partial charge on any atom is -0.384 e. The normalized spacial score (nSPS) is 10.3. The first-order chi connectivity index (χ1) is 8.78. The van der Waals surface area contributed by atoms with Gasteiger partial charge in [-0.15, -0.1) is 0 Å². The average molecular weight is 246 g/mol. The standard InChI is InChI=1S/C12H18N6/c1-3-13-12-8-10(4-6-15-12)14-7-5-11-16-9-18(2)17-11/h4,6,8-9H,3,5,7H2,1-2H3,(H2,13,14,15). The van der Waals surface area contributed by atoms with Gasteiger partial charge in [0.05, 0.1) is 0 Å². The van der Waals surface area contributed by atoms with E-state index in [0.717, 1.165) is 36.8 Å². The zero-order valence-corrected chi connectivity index (χ0v) is 10.7. The van der Waals surface area contributed by atoms with Crippen molar-refractivity contribution in [2.75, 3.05) is 23.7 Å². The molecule has 0 amide bonds. The summed E-state index contributed by atoms with van der Waals surface area (Å²) in [6.45, 7) is 3.72. The number of aromatic nitrogens is 4. The molecular formula is C12H18N6. The Morgan fingerprint density at radius 2 is 2.17 bits per heavy atom. The highest BCUT2D eigenvalue weighted by Gasteiger charge is 1.99. The molecule has 0 aliphatic heterocycles. The molecule has 2 rings (SSSR count). The van der Waals surface area contributed by atoms with E-state index in [2.05, 4.69) is 32.6 Å². The highest BCUT2D eigenvalue weighted by molar-refractivity contribution is 5.51. The van der Waals surface area contributed by atoms with E-state index in [9.17, 15) is 0 Å². The predicted octanol–water partition coefficient (Wildman–Crippen LogP) is 1.30. The number of nitrogens with one attached hydrogen (secondary N) is 2. The molecule has 0 saturated heterocycles. The van der Waals surface area contributed by atoms with Crippen LogP contribution in [0.15, 0.2) is 24.7 Å². The van der Waals surface area contributed by atoms with Crippen molar-refractivity contribution in [3.05, 3.63) is 30.5 Å². The quantitative estimate of drug-likeness (QED) is 0.804. The summed E-state index contributed by atoms with van der Waals surface area (Å²) < 4.78 is 1.71. The van der Waals surface area contributed by atoms with Gasteiger partial charge < -0.3 is 10.6 Å². The molecule has 2 N–H and O–H groups in total. The Bertz CT molecular complexity index is 493. The smallest absolute Gasteiger partial charge is 0.152 e. The van der Waals surface area contributed by atoms with Gasteiger partial charge in [0.15, 0.2) is 5.82 Å². The summed E-state index contributed by atoms with van der Waals surface area (Å²) in [5.74, 6) is 1.74. The molecule has 2 heterocycles. The highest BCUT2D eigenvalue weighted by Crippen LogP contribution is 2.11. The molecule has 6 nitrogen and oxygen atoms in total. The first-order valence-corrected chi connectivity index (χ1v) is 6.06. The molecule has 0 unspecified atom stereocenters. The van der Waals surface area contributed by atoms with E-state index in [1.807, 2.05) is 19.2 Å². The van der Waals surface area contributed by atoms with Gasteiger partial charge in [0, 0.05) is 44.5 Å². The first-order valence-electron chi connectivity index (χ1n) is 6.06. The van der Waals surface area contributed by atoms with Crippen LogP contribution < -0.4 is 10.6 Å². The molecule has 96 valence electrons. The lowest BCUT2D eigenvalue weighted by atomic mass is 10.3. The molecule has 0 aromatic carbocycles. The third-order valence-electron chi connectivity index (χ3n) is 2.44. The van der Waals surface area contributed by atoms with Gasteiger partial charge in [-0.1, -0.05) is 0 Å². The van der Waals surface area contributed by atoms with Crippen molar-refractivity contribution in [3.8, 4) is 0 Å². The van der Waals surface area contributed by atoms with Crippen molar-refractivity contribution in [1.82, 2.24) is 19.7 Å². The Kier molecular flexibility index (Phi) is 4.11. The van der Waals surface area contributed by atoms with Gasteiger partial charge in [-0.05, 0) is 13.0 Å². The van der Waals surface area contributed by atoms with Gasteiger partial charge in [-0.2, -0.15) is 5.10 Å². The van der Waals surface area contributed by atoms with E-state index in [-0.39, 0.29) is 0 Å². The summed E-state index contributed by atoms with van der Waals surface area (Å²) >= 11 is 0. The van der Waals surface area contributed by atoms with Gasteiger partial charge in [0.2, 0.25) is 0 Å². The Morgan fingerprint density at radius 1 is 1.28 bits per heavy atom. The third kappa shape index (κ3) is 3.44. The second-order valence-electron chi connectivity index (χ2n) is 3.97. The summed E-state index contributed by atoms with van der Waals surface area (Å²) in [4.78, 5) is 8.40. The van der Waals surface area contributed by atoms with E-state index in [1.165, 1.54) is 0 Å². The van der Waals surface area contributed by atoms with Crippen molar-refractivity contribution in [3.63, 3.8) is 0 Å². The minimum absolute atomic E-state index is 0.805. The van der Waals surface area contributed by atoms with E-state index in [0.29, 0.717) is 0 Å². The van der Waals surface area contributed by atoms with Crippen LogP contribution in [-0.4, -0.2) is 32.8 Å². The number of hydrogen-bond acceptors (Lipinski definition) is 5. The van der Waals surface area contributed by atoms with Crippen LogP contribution in [0, 0.1) is 0 Å². The number of anilines is 2. The fraction of sp³-hybridized carbons (Fsp3) is 0.417. The van der Waals surface area contributed by atoms with E-state index in [4.69, 9.17) is 0 Å². The molecule has 0 fully saturated rings. The molecule has 0 bridgehead atoms. The van der Waals surface area contributed by atoms with Crippen LogP contribution in [0.1, 0.15) is 12.7 Å². The van der Waals surface area contributed by atoms with Gasteiger partial charge >= 0.3 is 0 Å². The summed E-state index contributed by atoms with van der Waals surface area (Å²) in [5.41, 5.74) is 1.05. The maximum Gasteiger partial charge on any atom is 0.152 e. The van der Waals surface area contributed by atoms with Crippen molar-refractivity contribution >= 4 is 11.5 Å². The second-order valence-corrected chi connectivity index (χ2v) is 3.97. The molecule has 18 heavy (non-hydrogen) atoms. The highest BCUT2D eigenvalue weighted by atomic mass is 15.3. The lowest BCUT2D eigenvalue weighted by molar-refractivity contribution is 0.742. The SMILES string of the molecule is CCNc1cc(NCCc2ncn(C)n2)ccn1. The molecule has 0 aliphatic rings. The van der Waals surface area contributed by atoms with Crippen LogP contribution >= 0.6 is 0 Å². The number of nitrogens with zero attached hydrogens (tertiary/aromatic N) is 4. The minimum atomic E-state index is 0.805. The largest absolute Gasteiger partial charge is 0.384 e. The van der Waals surface area contributed by atoms with Gasteiger partial charge in [-0.3, -0.25) is 4.68 Å². The monoisotopic (exact) mass is 246 g/mol. The van der Waals surface area contributed by atoms with Crippen molar-refractivity contribution in [2.24, 2.45) is 7.05 Å². The molecule has 6 heteroatoms. The number of aryl methyl sites for hydroxylation is 1. The third-order valence-corrected chi connectivity index (χ3v) is 2.44. The zero-order valence-electron chi connectivity index (χ0n) is 10.7. The molecule has 0 spiro atoms. The Hall–Kier alpha value is -2.11. The summed E-state index contributed by atoms with van der Waals surface area (Å²) in [7, 11) is 1.87. The maximum atomic E-state index is 4.23. The molecule has 0 radical (unpaired) electrons. The van der Waals surface area contributed by atoms with Crippen LogP contribution in [0.5, 0.6) is 0 Å². The molecular weight excluding hydrogens is 228 g/mol. The number of hydrogen-bond donors (Lipinski definition) is 2. The van der Waals surface area contributed by atoms with Crippen LogP contribution in [-0.2, 0) is 13.5 Å². The fourth-order valence-electron chi connectivity index (χ4n) is 1.64. The van der Waals surface area contributed by atoms with Crippen molar-refractivity contribution < 1.29 is 0 Å². The second kappa shape index (κ2) is 6.00. The van der Waals surface area contributed by atoms with Crippen molar-refractivity contribution in [2.45, 2.75) is 13.3 Å². The maximum absolute atomic E-state index is 4.23. The summed E-state index contributed by atoms with van der Waals surface area (Å²) in [5, 5.41) is 10.7. The van der Waals surface area contributed by atoms with Crippen LogP contribution in [0.3, 0.4) is 0 Å². The Morgan fingerprint density at radius 3 is 2.89 bits per heavy atom. The number of rotatable bonds is 6. The summed E-state index contributed by atoms with van der Waals surface area (Å²) in [6, 6.07) is 3.95. The molecule has 0 aliphatic carbocycles. The average Bonchev–Trinajstić information content (AvgIpc) is 2.76. The summed E-state index contributed by atoms with van der Waals surface area (Å²) in [6.07, 6.45) is 4.31. The molecule has 2 aromatic rings. The Balaban J connectivity index is 1.84. The molecule has 0 saturated carbocycles. The van der Waals surface area contributed by atoms with Crippen LogP contribution in [0.25, 0.3) is 0 Å². The van der Waals surface area contributed by atoms with Crippen molar-refractivity contribution in [1.29, 1.82) is 0 Å².